The first-order valence-corrected chi connectivity index (χ1v) is 6.44. The molecule has 0 fully saturated rings. The van der Waals surface area contributed by atoms with E-state index in [1.54, 1.807) is 7.05 Å². The topological polar surface area (TPSA) is 69.2 Å². The lowest BCUT2D eigenvalue weighted by Crippen LogP contribution is -2.11. The van der Waals surface area contributed by atoms with E-state index in [4.69, 9.17) is 9.47 Å². The summed E-state index contributed by atoms with van der Waals surface area (Å²) in [7, 11) is 1.73. The molecule has 1 heterocycles. The van der Waals surface area contributed by atoms with Crippen molar-refractivity contribution in [2.24, 2.45) is 0 Å². The molecule has 1 aromatic carbocycles. The van der Waals surface area contributed by atoms with E-state index in [0.717, 1.165) is 5.56 Å². The molecule has 0 saturated heterocycles. The van der Waals surface area contributed by atoms with Crippen LogP contribution in [-0.2, 0) is 6.61 Å². The molecule has 0 atom stereocenters. The third kappa shape index (κ3) is 4.08. The summed E-state index contributed by atoms with van der Waals surface area (Å²) >= 11 is 0. The van der Waals surface area contributed by atoms with E-state index in [9.17, 15) is 0 Å². The fourth-order valence-corrected chi connectivity index (χ4v) is 1.50. The van der Waals surface area contributed by atoms with Crippen LogP contribution in [0.15, 0.2) is 30.3 Å². The second-order valence-corrected chi connectivity index (χ2v) is 4.42. The molecular formula is C14H18N4O2. The van der Waals surface area contributed by atoms with E-state index in [0.29, 0.717) is 12.6 Å². The Hall–Kier alpha value is -2.37. The van der Waals surface area contributed by atoms with Crippen LogP contribution in [0.4, 0.5) is 5.95 Å². The van der Waals surface area contributed by atoms with Crippen molar-refractivity contribution in [1.82, 2.24) is 15.0 Å². The molecule has 2 rings (SSSR count). The van der Waals surface area contributed by atoms with Gasteiger partial charge in [-0.1, -0.05) is 30.3 Å². The van der Waals surface area contributed by atoms with E-state index in [1.165, 1.54) is 0 Å². The molecule has 2 aromatic rings. The zero-order valence-electron chi connectivity index (χ0n) is 11.8. The van der Waals surface area contributed by atoms with Crippen LogP contribution >= 0.6 is 0 Å². The van der Waals surface area contributed by atoms with Crippen molar-refractivity contribution in [1.29, 1.82) is 0 Å². The number of benzene rings is 1. The third-order valence-corrected chi connectivity index (χ3v) is 2.37. The van der Waals surface area contributed by atoms with Gasteiger partial charge in [-0.15, -0.1) is 4.98 Å². The number of nitrogens with one attached hydrogen (secondary N) is 1. The fraction of sp³-hybridized carbons (Fsp3) is 0.357. The zero-order valence-corrected chi connectivity index (χ0v) is 11.8. The SMILES string of the molecule is CNc1nc(OCc2ccccc2)nc(OC(C)C)n1. The van der Waals surface area contributed by atoms with Crippen molar-refractivity contribution in [2.75, 3.05) is 12.4 Å². The minimum atomic E-state index is -0.0101. The predicted octanol–water partition coefficient (Wildman–Crippen LogP) is 2.28. The van der Waals surface area contributed by atoms with Crippen LogP contribution in [-0.4, -0.2) is 28.1 Å². The van der Waals surface area contributed by atoms with Gasteiger partial charge in [0.25, 0.3) is 0 Å². The van der Waals surface area contributed by atoms with Crippen LogP contribution in [0.1, 0.15) is 19.4 Å². The van der Waals surface area contributed by atoms with Gasteiger partial charge in [0, 0.05) is 7.05 Å². The Morgan fingerprint density at radius 2 is 1.75 bits per heavy atom. The maximum Gasteiger partial charge on any atom is 0.324 e. The molecule has 6 heteroatoms. The molecule has 0 bridgehead atoms. The van der Waals surface area contributed by atoms with Crippen molar-refractivity contribution in [2.45, 2.75) is 26.6 Å². The lowest BCUT2D eigenvalue weighted by Gasteiger charge is -2.10. The second-order valence-electron chi connectivity index (χ2n) is 4.42. The largest absolute Gasteiger partial charge is 0.461 e. The molecule has 0 aliphatic heterocycles. The molecule has 0 aliphatic carbocycles. The van der Waals surface area contributed by atoms with Gasteiger partial charge in [0.2, 0.25) is 5.95 Å². The zero-order chi connectivity index (χ0) is 14.4. The van der Waals surface area contributed by atoms with Crippen LogP contribution in [0.2, 0.25) is 0 Å². The Balaban J connectivity index is 2.10. The van der Waals surface area contributed by atoms with Crippen LogP contribution in [0.3, 0.4) is 0 Å². The summed E-state index contributed by atoms with van der Waals surface area (Å²) in [6.45, 7) is 4.22. The minimum absolute atomic E-state index is 0.0101. The summed E-state index contributed by atoms with van der Waals surface area (Å²) < 4.78 is 11.0. The first-order chi connectivity index (χ1) is 9.67. The summed E-state index contributed by atoms with van der Waals surface area (Å²) in [5.74, 6) is 0.415. The average molecular weight is 274 g/mol. The van der Waals surface area contributed by atoms with Gasteiger partial charge in [-0.2, -0.15) is 9.97 Å². The molecular weight excluding hydrogens is 256 g/mol. The Morgan fingerprint density at radius 3 is 2.40 bits per heavy atom. The van der Waals surface area contributed by atoms with Crippen LogP contribution in [0, 0.1) is 0 Å². The van der Waals surface area contributed by atoms with Gasteiger partial charge in [-0.25, -0.2) is 0 Å². The first kappa shape index (κ1) is 14.0. The second kappa shape index (κ2) is 6.70. The van der Waals surface area contributed by atoms with E-state index in [2.05, 4.69) is 20.3 Å². The smallest absolute Gasteiger partial charge is 0.324 e. The van der Waals surface area contributed by atoms with Gasteiger partial charge in [0.15, 0.2) is 0 Å². The summed E-state index contributed by atoms with van der Waals surface area (Å²) in [6.07, 6.45) is -0.0101. The third-order valence-electron chi connectivity index (χ3n) is 2.37. The molecule has 0 amide bonds. The lowest BCUT2D eigenvalue weighted by atomic mass is 10.2. The molecule has 6 nitrogen and oxygen atoms in total. The van der Waals surface area contributed by atoms with Crippen molar-refractivity contribution in [3.8, 4) is 12.0 Å². The Labute approximate surface area is 118 Å². The molecule has 0 aliphatic rings. The maximum absolute atomic E-state index is 5.57. The van der Waals surface area contributed by atoms with E-state index in [-0.39, 0.29) is 18.1 Å². The highest BCUT2D eigenvalue weighted by Crippen LogP contribution is 2.15. The van der Waals surface area contributed by atoms with Gasteiger partial charge >= 0.3 is 12.0 Å². The minimum Gasteiger partial charge on any atom is -0.461 e. The number of anilines is 1. The number of nitrogens with zero attached hydrogens (tertiary/aromatic N) is 3. The molecule has 0 spiro atoms. The van der Waals surface area contributed by atoms with E-state index >= 15 is 0 Å². The summed E-state index contributed by atoms with van der Waals surface area (Å²) in [5.41, 5.74) is 1.05. The maximum atomic E-state index is 5.57. The van der Waals surface area contributed by atoms with Gasteiger partial charge in [-0.3, -0.25) is 0 Å². The number of rotatable bonds is 6. The van der Waals surface area contributed by atoms with Crippen molar-refractivity contribution >= 4 is 5.95 Å². The Morgan fingerprint density at radius 1 is 1.05 bits per heavy atom. The predicted molar refractivity (Wildman–Crippen MR) is 75.9 cm³/mol. The summed E-state index contributed by atoms with van der Waals surface area (Å²) in [4.78, 5) is 12.4. The highest BCUT2D eigenvalue weighted by atomic mass is 16.5. The van der Waals surface area contributed by atoms with Crippen LogP contribution < -0.4 is 14.8 Å². The highest BCUT2D eigenvalue weighted by molar-refractivity contribution is 5.26. The van der Waals surface area contributed by atoms with Crippen molar-refractivity contribution in [3.05, 3.63) is 35.9 Å². The number of hydrogen-bond donors (Lipinski definition) is 1. The normalized spacial score (nSPS) is 10.4. The molecule has 1 N–H and O–H groups in total. The Kier molecular flexibility index (Phi) is 4.70. The highest BCUT2D eigenvalue weighted by Gasteiger charge is 2.09. The molecule has 1 aromatic heterocycles. The first-order valence-electron chi connectivity index (χ1n) is 6.44. The van der Waals surface area contributed by atoms with Crippen LogP contribution in [0.5, 0.6) is 12.0 Å². The fourth-order valence-electron chi connectivity index (χ4n) is 1.50. The van der Waals surface area contributed by atoms with E-state index < -0.39 is 0 Å². The number of ether oxygens (including phenoxy) is 2. The summed E-state index contributed by atoms with van der Waals surface area (Å²) in [5, 5.41) is 2.86. The summed E-state index contributed by atoms with van der Waals surface area (Å²) in [6, 6.07) is 10.3. The van der Waals surface area contributed by atoms with Gasteiger partial charge < -0.3 is 14.8 Å². The van der Waals surface area contributed by atoms with Crippen LogP contribution in [0.25, 0.3) is 0 Å². The quantitative estimate of drug-likeness (QED) is 0.871. The molecule has 0 unspecified atom stereocenters. The Bertz CT molecular complexity index is 546. The van der Waals surface area contributed by atoms with Gasteiger partial charge in [0.05, 0.1) is 6.10 Å². The van der Waals surface area contributed by atoms with Crippen molar-refractivity contribution < 1.29 is 9.47 Å². The monoisotopic (exact) mass is 274 g/mol. The number of aromatic nitrogens is 3. The molecule has 20 heavy (non-hydrogen) atoms. The van der Waals surface area contributed by atoms with Gasteiger partial charge in [0.1, 0.15) is 6.61 Å². The van der Waals surface area contributed by atoms with E-state index in [1.807, 2.05) is 44.2 Å². The lowest BCUT2D eigenvalue weighted by molar-refractivity contribution is 0.211. The number of hydrogen-bond acceptors (Lipinski definition) is 6. The molecule has 106 valence electrons. The molecule has 0 saturated carbocycles. The van der Waals surface area contributed by atoms with Crippen molar-refractivity contribution in [3.63, 3.8) is 0 Å². The standard InChI is InChI=1S/C14H18N4O2/c1-10(2)20-14-17-12(15-3)16-13(18-14)19-9-11-7-5-4-6-8-11/h4-8,10H,9H2,1-3H3,(H,15,16,17,18). The average Bonchev–Trinajstić information content (AvgIpc) is 2.45. The van der Waals surface area contributed by atoms with Gasteiger partial charge in [-0.05, 0) is 19.4 Å². The molecule has 0 radical (unpaired) electrons.